The van der Waals surface area contributed by atoms with Gasteiger partial charge in [0.25, 0.3) is 0 Å². The Morgan fingerprint density at radius 3 is 2.83 bits per heavy atom. The van der Waals surface area contributed by atoms with E-state index in [-0.39, 0.29) is 0 Å². The maximum Gasteiger partial charge on any atom is 0.214 e. The number of halogens is 1. The summed E-state index contributed by atoms with van der Waals surface area (Å²) in [6, 6.07) is 8.73. The van der Waals surface area contributed by atoms with Crippen molar-refractivity contribution in [1.82, 2.24) is 9.97 Å². The Labute approximate surface area is 106 Å². The van der Waals surface area contributed by atoms with Crippen LogP contribution in [0.3, 0.4) is 0 Å². The third kappa shape index (κ3) is 2.10. The van der Waals surface area contributed by atoms with Crippen LogP contribution in [0.25, 0.3) is 10.2 Å². The molecule has 3 aromatic rings. The fraction of sp³-hybridized carbons (Fsp3) is 0. The molecule has 6 heteroatoms. The minimum absolute atomic E-state index is 0.511. The number of anilines is 3. The first-order chi connectivity index (χ1) is 8.70. The highest BCUT2D eigenvalue weighted by Gasteiger charge is 2.03. The highest BCUT2D eigenvalue weighted by molar-refractivity contribution is 7.22. The zero-order valence-electron chi connectivity index (χ0n) is 9.22. The molecule has 0 radical (unpaired) electrons. The Morgan fingerprint density at radius 1 is 1.17 bits per heavy atom. The molecule has 0 amide bonds. The number of fused-ring (bicyclic) bond motifs is 1. The van der Waals surface area contributed by atoms with E-state index in [1.54, 1.807) is 6.07 Å². The highest BCUT2D eigenvalue weighted by Crippen LogP contribution is 2.27. The lowest BCUT2D eigenvalue weighted by Gasteiger charge is -2.05. The summed E-state index contributed by atoms with van der Waals surface area (Å²) in [4.78, 5) is 7.68. The molecule has 2 aromatic heterocycles. The molecular formula is C12H9FN4S. The van der Waals surface area contributed by atoms with E-state index < -0.39 is 5.95 Å². The van der Waals surface area contributed by atoms with Crippen LogP contribution in [0.5, 0.6) is 0 Å². The summed E-state index contributed by atoms with van der Waals surface area (Å²) in [6.45, 7) is 0. The van der Waals surface area contributed by atoms with Crippen LogP contribution in [-0.2, 0) is 0 Å². The first-order valence-electron chi connectivity index (χ1n) is 5.25. The molecule has 2 heterocycles. The van der Waals surface area contributed by atoms with Gasteiger partial charge in [0, 0.05) is 23.6 Å². The molecule has 0 fully saturated rings. The quantitative estimate of drug-likeness (QED) is 0.695. The van der Waals surface area contributed by atoms with Crippen LogP contribution in [0.2, 0.25) is 0 Å². The number of hydrogen-bond acceptors (Lipinski definition) is 5. The zero-order chi connectivity index (χ0) is 12.5. The molecule has 0 aliphatic rings. The maximum atomic E-state index is 13.0. The van der Waals surface area contributed by atoms with E-state index in [1.165, 1.54) is 23.6 Å². The van der Waals surface area contributed by atoms with Crippen molar-refractivity contribution in [2.24, 2.45) is 0 Å². The van der Waals surface area contributed by atoms with E-state index in [2.05, 4.69) is 15.3 Å². The zero-order valence-corrected chi connectivity index (χ0v) is 10.0. The lowest BCUT2D eigenvalue weighted by atomic mass is 10.3. The first kappa shape index (κ1) is 10.9. The molecular weight excluding hydrogens is 251 g/mol. The third-order valence-corrected chi connectivity index (χ3v) is 3.27. The van der Waals surface area contributed by atoms with Gasteiger partial charge in [-0.25, -0.2) is 9.97 Å². The Kier molecular flexibility index (Phi) is 2.56. The molecule has 0 saturated carbocycles. The van der Waals surface area contributed by atoms with E-state index in [0.717, 1.165) is 15.9 Å². The molecule has 0 unspecified atom stereocenters. The van der Waals surface area contributed by atoms with Gasteiger partial charge in [-0.3, -0.25) is 0 Å². The minimum Gasteiger partial charge on any atom is -0.375 e. The van der Waals surface area contributed by atoms with Gasteiger partial charge in [-0.05, 0) is 24.3 Å². The predicted octanol–water partition coefficient (Wildman–Crippen LogP) is 3.16. The largest absolute Gasteiger partial charge is 0.375 e. The topological polar surface area (TPSA) is 63.8 Å². The number of aromatic nitrogens is 2. The van der Waals surface area contributed by atoms with Crippen molar-refractivity contribution in [2.45, 2.75) is 0 Å². The Hall–Kier alpha value is -2.21. The number of hydrogen-bond donors (Lipinski definition) is 2. The Bertz CT molecular complexity index is 710. The molecule has 1 aromatic carbocycles. The molecule has 0 spiro atoms. The number of nitrogen functional groups attached to an aromatic ring is 1. The van der Waals surface area contributed by atoms with E-state index >= 15 is 0 Å². The van der Waals surface area contributed by atoms with Crippen molar-refractivity contribution in [1.29, 1.82) is 0 Å². The van der Waals surface area contributed by atoms with Crippen LogP contribution in [-0.4, -0.2) is 9.97 Å². The molecule has 3 rings (SSSR count). The number of pyridine rings is 1. The number of nitrogens with zero attached hydrogens (tertiary/aromatic N) is 2. The van der Waals surface area contributed by atoms with Crippen molar-refractivity contribution in [3.8, 4) is 0 Å². The van der Waals surface area contributed by atoms with Crippen molar-refractivity contribution in [3.05, 3.63) is 42.5 Å². The monoisotopic (exact) mass is 260 g/mol. The fourth-order valence-corrected chi connectivity index (χ4v) is 2.44. The van der Waals surface area contributed by atoms with Gasteiger partial charge in [-0.1, -0.05) is 11.3 Å². The summed E-state index contributed by atoms with van der Waals surface area (Å²) in [5.74, 6) is -0.511. The number of rotatable bonds is 2. The second-order valence-electron chi connectivity index (χ2n) is 3.73. The smallest absolute Gasteiger partial charge is 0.214 e. The van der Waals surface area contributed by atoms with Gasteiger partial charge in [0.2, 0.25) is 5.95 Å². The van der Waals surface area contributed by atoms with Crippen LogP contribution in [0.4, 0.5) is 20.9 Å². The summed E-state index contributed by atoms with van der Waals surface area (Å²) in [6.07, 6.45) is 1.42. The summed E-state index contributed by atoms with van der Waals surface area (Å²) in [5.41, 5.74) is 8.02. The molecule has 0 bridgehead atoms. The average Bonchev–Trinajstić information content (AvgIpc) is 2.68. The summed E-state index contributed by atoms with van der Waals surface area (Å²) in [7, 11) is 0. The summed E-state index contributed by atoms with van der Waals surface area (Å²) >= 11 is 1.42. The molecule has 0 saturated heterocycles. The molecule has 4 nitrogen and oxygen atoms in total. The van der Waals surface area contributed by atoms with Crippen LogP contribution < -0.4 is 11.1 Å². The maximum absolute atomic E-state index is 13.0. The summed E-state index contributed by atoms with van der Waals surface area (Å²) in [5, 5.41) is 3.64. The number of nitrogens with two attached hydrogens (primary N) is 1. The fourth-order valence-electron chi connectivity index (χ4n) is 1.67. The van der Waals surface area contributed by atoms with Crippen LogP contribution in [0.1, 0.15) is 0 Å². The van der Waals surface area contributed by atoms with Gasteiger partial charge in [0.1, 0.15) is 0 Å². The van der Waals surface area contributed by atoms with Gasteiger partial charge in [-0.2, -0.15) is 4.39 Å². The van der Waals surface area contributed by atoms with Crippen molar-refractivity contribution < 1.29 is 4.39 Å². The van der Waals surface area contributed by atoms with E-state index in [9.17, 15) is 4.39 Å². The molecule has 0 aliphatic carbocycles. The lowest BCUT2D eigenvalue weighted by molar-refractivity contribution is 0.584. The van der Waals surface area contributed by atoms with Gasteiger partial charge in [-0.15, -0.1) is 0 Å². The molecule has 0 atom stereocenters. The second kappa shape index (κ2) is 4.23. The second-order valence-corrected chi connectivity index (χ2v) is 4.79. The lowest BCUT2D eigenvalue weighted by Crippen LogP contribution is -1.91. The van der Waals surface area contributed by atoms with Gasteiger partial charge >= 0.3 is 0 Å². The van der Waals surface area contributed by atoms with Crippen molar-refractivity contribution in [3.63, 3.8) is 0 Å². The van der Waals surface area contributed by atoms with Gasteiger partial charge < -0.3 is 11.1 Å². The Balaban J connectivity index is 1.94. The minimum atomic E-state index is -0.511. The predicted molar refractivity (Wildman–Crippen MR) is 71.5 cm³/mol. The summed E-state index contributed by atoms with van der Waals surface area (Å²) < 4.78 is 13.9. The molecule has 90 valence electrons. The molecule has 0 aliphatic heterocycles. The van der Waals surface area contributed by atoms with Crippen molar-refractivity contribution in [2.75, 3.05) is 11.1 Å². The number of thiazole rings is 1. The highest BCUT2D eigenvalue weighted by atomic mass is 32.1. The van der Waals surface area contributed by atoms with Gasteiger partial charge in [0.05, 0.1) is 10.2 Å². The normalized spacial score (nSPS) is 10.7. The third-order valence-electron chi connectivity index (χ3n) is 2.42. The first-order valence-corrected chi connectivity index (χ1v) is 6.07. The Morgan fingerprint density at radius 2 is 2.00 bits per heavy atom. The SMILES string of the molecule is Nc1nc2ccc(Nc3ccnc(F)c3)cc2s1. The molecule has 3 N–H and O–H groups in total. The van der Waals surface area contributed by atoms with Crippen LogP contribution >= 0.6 is 11.3 Å². The average molecular weight is 260 g/mol. The van der Waals surface area contributed by atoms with E-state index in [4.69, 9.17) is 5.73 Å². The van der Waals surface area contributed by atoms with Crippen molar-refractivity contribution >= 4 is 38.1 Å². The van der Waals surface area contributed by atoms with Crippen LogP contribution in [0, 0.1) is 5.95 Å². The number of nitrogens with one attached hydrogen (secondary N) is 1. The van der Waals surface area contributed by atoms with Crippen LogP contribution in [0.15, 0.2) is 36.5 Å². The molecule has 18 heavy (non-hydrogen) atoms. The number of benzene rings is 1. The van der Waals surface area contributed by atoms with E-state index in [1.807, 2.05) is 18.2 Å². The standard InChI is InChI=1S/C12H9FN4S/c13-11-6-8(3-4-15-11)16-7-1-2-9-10(5-7)18-12(14)17-9/h1-6H,(H2,14,17)(H,15,16). The van der Waals surface area contributed by atoms with Gasteiger partial charge in [0.15, 0.2) is 5.13 Å². The van der Waals surface area contributed by atoms with E-state index in [0.29, 0.717) is 10.8 Å².